The lowest BCUT2D eigenvalue weighted by atomic mass is 10.0. The van der Waals surface area contributed by atoms with Gasteiger partial charge in [-0.25, -0.2) is 0 Å². The van der Waals surface area contributed by atoms with Crippen molar-refractivity contribution in [2.24, 2.45) is 0 Å². The van der Waals surface area contributed by atoms with Gasteiger partial charge in [-0.2, -0.15) is 0 Å². The van der Waals surface area contributed by atoms with Crippen LogP contribution >= 0.6 is 0 Å². The summed E-state index contributed by atoms with van der Waals surface area (Å²) in [6.07, 6.45) is 0. The van der Waals surface area contributed by atoms with Gasteiger partial charge >= 0.3 is 0 Å². The Morgan fingerprint density at radius 3 is 2.78 bits per heavy atom. The van der Waals surface area contributed by atoms with Crippen molar-refractivity contribution in [2.75, 3.05) is 11.2 Å². The normalized spacial score (nSPS) is 10.9. The van der Waals surface area contributed by atoms with E-state index in [2.05, 4.69) is 64.3 Å². The number of ether oxygens (including phenoxy) is 1. The molecule has 0 atom stereocenters. The molecule has 0 aliphatic rings. The van der Waals surface area contributed by atoms with Crippen LogP contribution in [0.4, 0.5) is 5.95 Å². The molecule has 0 fully saturated rings. The second kappa shape index (κ2) is 7.33. The molecule has 0 spiro atoms. The fraction of sp³-hybridized carbons (Fsp3) is 0.150. The maximum atomic E-state index is 6.15. The highest BCUT2D eigenvalue weighted by Gasteiger charge is 2.11. The summed E-state index contributed by atoms with van der Waals surface area (Å²) >= 11 is 0. The number of benzene rings is 3. The summed E-state index contributed by atoms with van der Waals surface area (Å²) in [6.45, 7) is 3.05. The molecule has 7 heteroatoms. The van der Waals surface area contributed by atoms with E-state index in [1.165, 1.54) is 10.4 Å². The van der Waals surface area contributed by atoms with Crippen LogP contribution < -0.4 is 15.9 Å². The topological polar surface area (TPSA) is 90.9 Å². The molecule has 0 unspecified atom stereocenters. The third-order valence-corrected chi connectivity index (χ3v) is 4.37. The molecule has 0 saturated heterocycles. The molecular formula is C20H20N6O. The van der Waals surface area contributed by atoms with Gasteiger partial charge < -0.3 is 15.9 Å². The standard InChI is InChI=1S/C20H20N6O/c1-14-5-4-6-15(11-14)13-27-19-10-9-16-7-2-3-8-17(16)18(19)12-22-26-20(21)23-24-25-26/h2-11,22H,12-13H2,1H3,(H2,21,23,25). The summed E-state index contributed by atoms with van der Waals surface area (Å²) in [5.41, 5.74) is 12.2. The van der Waals surface area contributed by atoms with Crippen LogP contribution in [-0.4, -0.2) is 20.3 Å². The molecule has 27 heavy (non-hydrogen) atoms. The molecular weight excluding hydrogens is 340 g/mol. The Labute approximate surface area is 156 Å². The first-order chi connectivity index (χ1) is 13.2. The molecule has 3 aromatic carbocycles. The molecule has 1 heterocycles. The van der Waals surface area contributed by atoms with Crippen LogP contribution in [0.2, 0.25) is 0 Å². The van der Waals surface area contributed by atoms with Gasteiger partial charge in [0.2, 0.25) is 0 Å². The van der Waals surface area contributed by atoms with Gasteiger partial charge in [-0.3, -0.25) is 0 Å². The molecule has 0 radical (unpaired) electrons. The summed E-state index contributed by atoms with van der Waals surface area (Å²) in [5.74, 6) is 1.02. The van der Waals surface area contributed by atoms with Gasteiger partial charge in [0.25, 0.3) is 5.95 Å². The minimum Gasteiger partial charge on any atom is -0.489 e. The number of anilines is 1. The minimum atomic E-state index is 0.206. The maximum Gasteiger partial charge on any atom is 0.260 e. The van der Waals surface area contributed by atoms with Gasteiger partial charge in [-0.1, -0.05) is 65.3 Å². The van der Waals surface area contributed by atoms with Crippen LogP contribution in [-0.2, 0) is 13.2 Å². The molecule has 0 saturated carbocycles. The lowest BCUT2D eigenvalue weighted by molar-refractivity contribution is 0.303. The average molecular weight is 360 g/mol. The number of aromatic nitrogens is 4. The fourth-order valence-corrected chi connectivity index (χ4v) is 3.06. The Hall–Kier alpha value is -3.61. The lowest BCUT2D eigenvalue weighted by Gasteiger charge is -2.15. The van der Waals surface area contributed by atoms with Crippen LogP contribution in [0.1, 0.15) is 16.7 Å². The monoisotopic (exact) mass is 360 g/mol. The van der Waals surface area contributed by atoms with Crippen LogP contribution in [0.15, 0.2) is 60.7 Å². The van der Waals surface area contributed by atoms with E-state index in [-0.39, 0.29) is 5.95 Å². The number of hydrogen-bond donors (Lipinski definition) is 2. The molecule has 1 aromatic heterocycles. The van der Waals surface area contributed by atoms with Crippen molar-refractivity contribution in [1.82, 2.24) is 20.3 Å². The van der Waals surface area contributed by atoms with Crippen molar-refractivity contribution in [3.8, 4) is 5.75 Å². The number of nitrogens with zero attached hydrogens (tertiary/aromatic N) is 4. The predicted molar refractivity (Wildman–Crippen MR) is 105 cm³/mol. The molecule has 136 valence electrons. The van der Waals surface area contributed by atoms with Crippen molar-refractivity contribution in [3.63, 3.8) is 0 Å². The van der Waals surface area contributed by atoms with E-state index in [9.17, 15) is 0 Å². The Balaban J connectivity index is 1.63. The Bertz CT molecular complexity index is 1070. The molecule has 3 N–H and O–H groups in total. The number of nitrogens with one attached hydrogen (secondary N) is 1. The fourth-order valence-electron chi connectivity index (χ4n) is 3.06. The highest BCUT2D eigenvalue weighted by Crippen LogP contribution is 2.29. The highest BCUT2D eigenvalue weighted by molar-refractivity contribution is 5.87. The number of nitrogens with two attached hydrogens (primary N) is 1. The third kappa shape index (κ3) is 3.67. The molecule has 4 rings (SSSR count). The third-order valence-electron chi connectivity index (χ3n) is 4.37. The molecule has 4 aromatic rings. The van der Waals surface area contributed by atoms with Crippen LogP contribution in [0, 0.1) is 6.92 Å². The quantitative estimate of drug-likeness (QED) is 0.549. The SMILES string of the molecule is Cc1cccc(COc2ccc3ccccc3c2CNn2nnnc2N)c1. The van der Waals surface area contributed by atoms with Crippen LogP contribution in [0.5, 0.6) is 5.75 Å². The highest BCUT2D eigenvalue weighted by atomic mass is 16.5. The number of aryl methyl sites for hydroxylation is 1. The van der Waals surface area contributed by atoms with E-state index in [0.717, 1.165) is 27.6 Å². The summed E-state index contributed by atoms with van der Waals surface area (Å²) in [5, 5.41) is 13.3. The van der Waals surface area contributed by atoms with E-state index in [0.29, 0.717) is 13.2 Å². The van der Waals surface area contributed by atoms with E-state index < -0.39 is 0 Å². The predicted octanol–water partition coefficient (Wildman–Crippen LogP) is 3.04. The lowest BCUT2D eigenvalue weighted by Crippen LogP contribution is -2.19. The zero-order valence-corrected chi connectivity index (χ0v) is 15.0. The number of fused-ring (bicyclic) bond motifs is 1. The second-order valence-electron chi connectivity index (χ2n) is 6.32. The van der Waals surface area contributed by atoms with Gasteiger partial charge in [0.1, 0.15) is 12.4 Å². The van der Waals surface area contributed by atoms with E-state index in [1.54, 1.807) is 0 Å². The molecule has 0 amide bonds. The number of rotatable bonds is 6. The first kappa shape index (κ1) is 16.8. The average Bonchev–Trinajstić information content (AvgIpc) is 3.09. The maximum absolute atomic E-state index is 6.15. The number of nitrogen functional groups attached to an aromatic ring is 1. The van der Waals surface area contributed by atoms with Gasteiger partial charge in [0.05, 0.1) is 6.54 Å². The van der Waals surface area contributed by atoms with Crippen molar-refractivity contribution >= 4 is 16.7 Å². The first-order valence-electron chi connectivity index (χ1n) is 8.67. The van der Waals surface area contributed by atoms with Crippen molar-refractivity contribution in [2.45, 2.75) is 20.1 Å². The smallest absolute Gasteiger partial charge is 0.260 e. The zero-order chi connectivity index (χ0) is 18.6. The molecule has 0 aliphatic carbocycles. The Kier molecular flexibility index (Phi) is 4.57. The van der Waals surface area contributed by atoms with Gasteiger partial charge in [-0.05, 0) is 39.8 Å². The number of hydrogen-bond acceptors (Lipinski definition) is 6. The summed E-state index contributed by atoms with van der Waals surface area (Å²) in [6, 6.07) is 20.6. The Morgan fingerprint density at radius 2 is 1.96 bits per heavy atom. The van der Waals surface area contributed by atoms with Crippen LogP contribution in [0.25, 0.3) is 10.8 Å². The van der Waals surface area contributed by atoms with E-state index in [4.69, 9.17) is 10.5 Å². The molecule has 0 aliphatic heterocycles. The van der Waals surface area contributed by atoms with Crippen molar-refractivity contribution < 1.29 is 4.74 Å². The minimum absolute atomic E-state index is 0.206. The number of tetrazole rings is 1. The summed E-state index contributed by atoms with van der Waals surface area (Å²) < 4.78 is 6.15. The second-order valence-corrected chi connectivity index (χ2v) is 6.32. The van der Waals surface area contributed by atoms with E-state index in [1.807, 2.05) is 24.3 Å². The van der Waals surface area contributed by atoms with Gasteiger partial charge in [0, 0.05) is 5.56 Å². The summed E-state index contributed by atoms with van der Waals surface area (Å²) in [4.78, 5) is 1.35. The van der Waals surface area contributed by atoms with Crippen molar-refractivity contribution in [1.29, 1.82) is 0 Å². The molecule has 0 bridgehead atoms. The molecule has 7 nitrogen and oxygen atoms in total. The van der Waals surface area contributed by atoms with Crippen LogP contribution in [0.3, 0.4) is 0 Å². The largest absolute Gasteiger partial charge is 0.489 e. The van der Waals surface area contributed by atoms with Gasteiger partial charge in [-0.15, -0.1) is 4.79 Å². The first-order valence-corrected chi connectivity index (χ1v) is 8.67. The van der Waals surface area contributed by atoms with E-state index >= 15 is 0 Å². The Morgan fingerprint density at radius 1 is 1.07 bits per heavy atom. The summed E-state index contributed by atoms with van der Waals surface area (Å²) in [7, 11) is 0. The zero-order valence-electron chi connectivity index (χ0n) is 15.0. The van der Waals surface area contributed by atoms with Gasteiger partial charge in [0.15, 0.2) is 0 Å². The van der Waals surface area contributed by atoms with Crippen molar-refractivity contribution in [3.05, 3.63) is 77.4 Å².